The van der Waals surface area contributed by atoms with Gasteiger partial charge in [-0.2, -0.15) is 5.10 Å². The zero-order valence-electron chi connectivity index (χ0n) is 18.9. The molecule has 0 fully saturated rings. The fourth-order valence-corrected chi connectivity index (χ4v) is 4.85. The molecule has 0 bridgehead atoms. The second-order valence-corrected chi connectivity index (χ2v) is 8.74. The maximum absolute atomic E-state index is 11.3. The average molecular weight is 470 g/mol. The average Bonchev–Trinajstić information content (AvgIpc) is 3.37. The number of nitrogens with zero attached hydrogens (tertiary/aromatic N) is 3. The number of anilines is 2. The minimum absolute atomic E-state index is 0.0215. The number of non-ortho nitro benzene ring substituents is 2. The summed E-state index contributed by atoms with van der Waals surface area (Å²) >= 11 is 0. The SMILES string of the molecule is C/C(=N\Nc1ccc([N+](=O)[O-])cc1)c1ccc2c(c1)[C@H]1C=CC[C@@H]1[C@@H](c1cccc([N+](=O)[O-])c1)N2. The van der Waals surface area contributed by atoms with Crippen LogP contribution in [0.1, 0.15) is 42.0 Å². The third-order valence-electron chi connectivity index (χ3n) is 6.65. The van der Waals surface area contributed by atoms with Crippen molar-refractivity contribution in [3.05, 3.63) is 116 Å². The monoisotopic (exact) mass is 469 g/mol. The van der Waals surface area contributed by atoms with Crippen molar-refractivity contribution in [3.8, 4) is 0 Å². The third-order valence-corrected chi connectivity index (χ3v) is 6.65. The Bertz CT molecular complexity index is 1370. The number of nitrogens with one attached hydrogen (secondary N) is 2. The molecule has 0 saturated heterocycles. The lowest BCUT2D eigenvalue weighted by Crippen LogP contribution is -2.29. The number of hydrogen-bond donors (Lipinski definition) is 2. The highest BCUT2D eigenvalue weighted by Crippen LogP contribution is 2.50. The van der Waals surface area contributed by atoms with Crippen LogP contribution < -0.4 is 10.7 Å². The minimum atomic E-state index is -0.437. The molecule has 35 heavy (non-hydrogen) atoms. The van der Waals surface area contributed by atoms with Gasteiger partial charge in [-0.05, 0) is 60.2 Å². The molecule has 9 nitrogen and oxygen atoms in total. The minimum Gasteiger partial charge on any atom is -0.378 e. The van der Waals surface area contributed by atoms with Crippen LogP contribution in [-0.4, -0.2) is 15.6 Å². The highest BCUT2D eigenvalue weighted by atomic mass is 16.6. The zero-order valence-corrected chi connectivity index (χ0v) is 18.9. The molecular weight excluding hydrogens is 446 g/mol. The van der Waals surface area contributed by atoms with Gasteiger partial charge in [0.15, 0.2) is 0 Å². The van der Waals surface area contributed by atoms with Gasteiger partial charge < -0.3 is 5.32 Å². The van der Waals surface area contributed by atoms with E-state index in [1.165, 1.54) is 23.8 Å². The Labute approximate surface area is 201 Å². The van der Waals surface area contributed by atoms with Crippen molar-refractivity contribution >= 4 is 28.5 Å². The maximum Gasteiger partial charge on any atom is 0.269 e. The van der Waals surface area contributed by atoms with E-state index in [2.05, 4.69) is 34.1 Å². The first-order chi connectivity index (χ1) is 16.9. The summed E-state index contributed by atoms with van der Waals surface area (Å²) in [4.78, 5) is 21.3. The Hall–Kier alpha value is -4.53. The molecule has 1 heterocycles. The fourth-order valence-electron chi connectivity index (χ4n) is 4.85. The lowest BCUT2D eigenvalue weighted by Gasteiger charge is -2.37. The first-order valence-electron chi connectivity index (χ1n) is 11.3. The summed E-state index contributed by atoms with van der Waals surface area (Å²) in [6, 6.07) is 19.1. The third kappa shape index (κ3) is 4.35. The van der Waals surface area contributed by atoms with Crippen molar-refractivity contribution in [2.45, 2.75) is 25.3 Å². The number of hydrazone groups is 1. The quantitative estimate of drug-likeness (QED) is 0.193. The van der Waals surface area contributed by atoms with Crippen LogP contribution in [0.2, 0.25) is 0 Å². The van der Waals surface area contributed by atoms with Gasteiger partial charge in [-0.15, -0.1) is 0 Å². The largest absolute Gasteiger partial charge is 0.378 e. The van der Waals surface area contributed by atoms with Crippen molar-refractivity contribution in [3.63, 3.8) is 0 Å². The van der Waals surface area contributed by atoms with Crippen molar-refractivity contribution in [1.82, 2.24) is 0 Å². The second kappa shape index (κ2) is 9.02. The van der Waals surface area contributed by atoms with Crippen molar-refractivity contribution in [1.29, 1.82) is 0 Å². The molecule has 0 spiro atoms. The van der Waals surface area contributed by atoms with Crippen molar-refractivity contribution < 1.29 is 9.85 Å². The van der Waals surface area contributed by atoms with Crippen LogP contribution >= 0.6 is 0 Å². The fraction of sp³-hybridized carbons (Fsp3) is 0.192. The van der Waals surface area contributed by atoms with E-state index in [1.807, 2.05) is 25.1 Å². The van der Waals surface area contributed by atoms with Crippen LogP contribution in [-0.2, 0) is 0 Å². The first-order valence-corrected chi connectivity index (χ1v) is 11.3. The molecule has 3 aromatic rings. The molecule has 3 aromatic carbocycles. The van der Waals surface area contributed by atoms with Crippen LogP contribution in [0.5, 0.6) is 0 Å². The van der Waals surface area contributed by atoms with E-state index < -0.39 is 4.92 Å². The molecule has 176 valence electrons. The standard InChI is InChI=1S/C26H23N5O4/c1-16(28-29-19-9-11-20(12-10-19)30(32)33)17-8-13-25-24(15-17)22-6-3-7-23(22)26(27-25)18-4-2-5-21(14-18)31(34)35/h2-6,8-15,22-23,26-27,29H,7H2,1H3/b28-16+/t22-,23-,26+/m0/s1. The van der Waals surface area contributed by atoms with E-state index in [9.17, 15) is 20.2 Å². The predicted octanol–water partition coefficient (Wildman–Crippen LogP) is 6.17. The van der Waals surface area contributed by atoms with E-state index in [0.717, 1.165) is 28.9 Å². The van der Waals surface area contributed by atoms with Gasteiger partial charge in [-0.3, -0.25) is 25.7 Å². The van der Waals surface area contributed by atoms with Crippen LogP contribution in [0, 0.1) is 26.1 Å². The summed E-state index contributed by atoms with van der Waals surface area (Å²) in [5.74, 6) is 0.459. The van der Waals surface area contributed by atoms with Crippen molar-refractivity contribution in [2.75, 3.05) is 10.7 Å². The van der Waals surface area contributed by atoms with Gasteiger partial charge >= 0.3 is 0 Å². The summed E-state index contributed by atoms with van der Waals surface area (Å²) in [5.41, 5.74) is 8.59. The first kappa shape index (κ1) is 22.3. The summed E-state index contributed by atoms with van der Waals surface area (Å²) < 4.78 is 0. The van der Waals surface area contributed by atoms with Gasteiger partial charge in [-0.1, -0.05) is 30.4 Å². The summed E-state index contributed by atoms with van der Waals surface area (Å²) in [6.45, 7) is 1.91. The number of nitro benzene ring substituents is 2. The smallest absolute Gasteiger partial charge is 0.269 e. The predicted molar refractivity (Wildman–Crippen MR) is 135 cm³/mol. The molecule has 1 aliphatic carbocycles. The van der Waals surface area contributed by atoms with E-state index in [1.54, 1.807) is 24.3 Å². The second-order valence-electron chi connectivity index (χ2n) is 8.74. The summed E-state index contributed by atoms with van der Waals surface area (Å²) in [7, 11) is 0. The number of rotatable bonds is 6. The highest BCUT2D eigenvalue weighted by Gasteiger charge is 2.38. The molecule has 3 atom stereocenters. The normalized spacial score (nSPS) is 20.5. The van der Waals surface area contributed by atoms with Gasteiger partial charge in [0.05, 0.1) is 27.3 Å². The Morgan fingerprint density at radius 1 is 1.00 bits per heavy atom. The van der Waals surface area contributed by atoms with Crippen molar-refractivity contribution in [2.24, 2.45) is 11.0 Å². The molecule has 0 saturated carbocycles. The molecule has 2 N–H and O–H groups in total. The van der Waals surface area contributed by atoms with Crippen LogP contribution in [0.25, 0.3) is 0 Å². The topological polar surface area (TPSA) is 123 Å². The van der Waals surface area contributed by atoms with Crippen LogP contribution in [0.3, 0.4) is 0 Å². The van der Waals surface area contributed by atoms with Crippen LogP contribution in [0.15, 0.2) is 84.0 Å². The van der Waals surface area contributed by atoms with Crippen LogP contribution in [0.4, 0.5) is 22.7 Å². The molecule has 0 unspecified atom stereocenters. The Morgan fingerprint density at radius 2 is 1.77 bits per heavy atom. The molecule has 9 heteroatoms. The zero-order chi connectivity index (χ0) is 24.5. The van der Waals surface area contributed by atoms with Gasteiger partial charge in [0, 0.05) is 35.9 Å². The molecule has 0 amide bonds. The molecule has 5 rings (SSSR count). The Balaban J connectivity index is 1.39. The highest BCUT2D eigenvalue weighted by molar-refractivity contribution is 5.99. The van der Waals surface area contributed by atoms with E-state index >= 15 is 0 Å². The molecule has 0 radical (unpaired) electrons. The number of hydrogen-bond acceptors (Lipinski definition) is 7. The number of allylic oxidation sites excluding steroid dienone is 2. The van der Waals surface area contributed by atoms with Gasteiger partial charge in [0.25, 0.3) is 11.4 Å². The molecule has 0 aromatic heterocycles. The Morgan fingerprint density at radius 3 is 2.51 bits per heavy atom. The molecule has 1 aliphatic heterocycles. The van der Waals surface area contributed by atoms with Gasteiger partial charge in [0.1, 0.15) is 0 Å². The van der Waals surface area contributed by atoms with E-state index in [4.69, 9.17) is 0 Å². The Kier molecular flexibility index (Phi) is 5.74. The number of nitro groups is 2. The summed E-state index contributed by atoms with van der Waals surface area (Å²) in [6.07, 6.45) is 5.30. The van der Waals surface area contributed by atoms with Gasteiger partial charge in [0.2, 0.25) is 0 Å². The van der Waals surface area contributed by atoms with E-state index in [0.29, 0.717) is 5.69 Å². The number of fused-ring (bicyclic) bond motifs is 3. The summed E-state index contributed by atoms with van der Waals surface area (Å²) in [5, 5.41) is 30.2. The maximum atomic E-state index is 11.3. The number of benzene rings is 3. The lowest BCUT2D eigenvalue weighted by atomic mass is 9.76. The lowest BCUT2D eigenvalue weighted by molar-refractivity contribution is -0.385. The molecular formula is C26H23N5O4. The van der Waals surface area contributed by atoms with Gasteiger partial charge in [-0.25, -0.2) is 0 Å². The van der Waals surface area contributed by atoms with E-state index in [-0.39, 0.29) is 34.2 Å². The molecule has 2 aliphatic rings.